The van der Waals surface area contributed by atoms with Gasteiger partial charge in [-0.25, -0.2) is 0 Å². The van der Waals surface area contributed by atoms with E-state index in [4.69, 9.17) is 21.1 Å². The molecule has 156 valence electrons. The summed E-state index contributed by atoms with van der Waals surface area (Å²) in [5.41, 5.74) is 6.83. The third-order valence-electron chi connectivity index (χ3n) is 4.16. The van der Waals surface area contributed by atoms with E-state index in [0.29, 0.717) is 34.6 Å². The fraction of sp³-hybridized carbons (Fsp3) is 0.364. The maximum Gasteiger partial charge on any atom is 0.276 e. The molecule has 7 heteroatoms. The number of halogens is 1. The fourth-order valence-electron chi connectivity index (χ4n) is 2.51. The predicted molar refractivity (Wildman–Crippen MR) is 113 cm³/mol. The highest BCUT2D eigenvalue weighted by atomic mass is 35.5. The zero-order chi connectivity index (χ0) is 21.4. The SMILES string of the molecule is Cc1cc(OCC(=O)NNC(=O)c2cccc(OCCC(C)C)c2)cc(C)c1Cl. The van der Waals surface area contributed by atoms with Crippen LogP contribution in [0.2, 0.25) is 5.02 Å². The Bertz CT molecular complexity index is 845. The number of amides is 2. The van der Waals surface area contributed by atoms with Gasteiger partial charge in [0.1, 0.15) is 11.5 Å². The van der Waals surface area contributed by atoms with Gasteiger partial charge in [-0.3, -0.25) is 20.4 Å². The maximum absolute atomic E-state index is 12.2. The number of hydrogen-bond acceptors (Lipinski definition) is 4. The molecule has 0 heterocycles. The summed E-state index contributed by atoms with van der Waals surface area (Å²) in [6.07, 6.45) is 0.930. The molecule has 6 nitrogen and oxygen atoms in total. The topological polar surface area (TPSA) is 76.7 Å². The Kier molecular flexibility index (Phi) is 8.34. The Morgan fingerprint density at radius 3 is 2.34 bits per heavy atom. The first-order chi connectivity index (χ1) is 13.8. The Morgan fingerprint density at radius 1 is 1.00 bits per heavy atom. The van der Waals surface area contributed by atoms with Crippen molar-refractivity contribution in [1.82, 2.24) is 10.9 Å². The second-order valence-electron chi connectivity index (χ2n) is 7.22. The van der Waals surface area contributed by atoms with Crippen molar-refractivity contribution in [3.05, 3.63) is 58.1 Å². The van der Waals surface area contributed by atoms with Crippen LogP contribution in [0.25, 0.3) is 0 Å². The predicted octanol–water partition coefficient (Wildman–Crippen LogP) is 4.22. The van der Waals surface area contributed by atoms with Gasteiger partial charge in [-0.1, -0.05) is 31.5 Å². The molecule has 0 aliphatic heterocycles. The molecule has 0 fully saturated rings. The minimum absolute atomic E-state index is 0.237. The molecule has 2 amide bonds. The van der Waals surface area contributed by atoms with Crippen molar-refractivity contribution in [3.63, 3.8) is 0 Å². The minimum atomic E-state index is -0.479. The van der Waals surface area contributed by atoms with Gasteiger partial charge < -0.3 is 9.47 Å². The van der Waals surface area contributed by atoms with Gasteiger partial charge >= 0.3 is 0 Å². The number of carbonyl (C=O) groups is 2. The van der Waals surface area contributed by atoms with Crippen molar-refractivity contribution >= 4 is 23.4 Å². The van der Waals surface area contributed by atoms with Crippen molar-refractivity contribution in [1.29, 1.82) is 0 Å². The molecule has 0 aliphatic carbocycles. The van der Waals surface area contributed by atoms with Gasteiger partial charge in [-0.05, 0) is 67.6 Å². The van der Waals surface area contributed by atoms with Gasteiger partial charge in [0, 0.05) is 10.6 Å². The Hall–Kier alpha value is -2.73. The minimum Gasteiger partial charge on any atom is -0.494 e. The monoisotopic (exact) mass is 418 g/mol. The molecule has 0 aromatic heterocycles. The third-order valence-corrected chi connectivity index (χ3v) is 4.75. The van der Waals surface area contributed by atoms with Crippen LogP contribution in [0.1, 0.15) is 41.8 Å². The Labute approximate surface area is 176 Å². The van der Waals surface area contributed by atoms with Gasteiger partial charge in [0.15, 0.2) is 6.61 Å². The highest BCUT2D eigenvalue weighted by Gasteiger charge is 2.10. The van der Waals surface area contributed by atoms with Crippen LogP contribution < -0.4 is 20.3 Å². The van der Waals surface area contributed by atoms with Crippen molar-refractivity contribution in [2.75, 3.05) is 13.2 Å². The molecule has 0 saturated heterocycles. The first-order valence-electron chi connectivity index (χ1n) is 9.48. The molecule has 0 bridgehead atoms. The number of rotatable bonds is 8. The lowest BCUT2D eigenvalue weighted by Crippen LogP contribution is -2.43. The Balaban J connectivity index is 1.82. The zero-order valence-electron chi connectivity index (χ0n) is 17.2. The average Bonchev–Trinajstić information content (AvgIpc) is 2.68. The van der Waals surface area contributed by atoms with Crippen LogP contribution in [0.5, 0.6) is 11.5 Å². The van der Waals surface area contributed by atoms with Crippen molar-refractivity contribution in [2.45, 2.75) is 34.1 Å². The number of benzene rings is 2. The third kappa shape index (κ3) is 7.31. The van der Waals surface area contributed by atoms with Gasteiger partial charge in [0.25, 0.3) is 11.8 Å². The standard InChI is InChI=1S/C22H27ClN2O4/c1-14(2)8-9-28-18-7-5-6-17(12-18)22(27)25-24-20(26)13-29-19-10-15(3)21(23)16(4)11-19/h5-7,10-12,14H,8-9,13H2,1-4H3,(H,24,26)(H,25,27). The van der Waals surface area contributed by atoms with E-state index in [2.05, 4.69) is 24.7 Å². The number of aryl methyl sites for hydroxylation is 2. The van der Waals surface area contributed by atoms with Crippen LogP contribution in [-0.4, -0.2) is 25.0 Å². The average molecular weight is 419 g/mol. The number of hydrazine groups is 1. The highest BCUT2D eigenvalue weighted by molar-refractivity contribution is 6.32. The summed E-state index contributed by atoms with van der Waals surface area (Å²) in [6.45, 7) is 8.32. The van der Waals surface area contributed by atoms with E-state index in [0.717, 1.165) is 17.5 Å². The fourth-order valence-corrected chi connectivity index (χ4v) is 2.62. The number of hydrogen-bond donors (Lipinski definition) is 2. The molecule has 0 spiro atoms. The molecule has 2 aromatic carbocycles. The van der Waals surface area contributed by atoms with E-state index in [1.54, 1.807) is 36.4 Å². The summed E-state index contributed by atoms with van der Waals surface area (Å²) in [6, 6.07) is 10.3. The second-order valence-corrected chi connectivity index (χ2v) is 7.60. The molecule has 2 aromatic rings. The van der Waals surface area contributed by atoms with E-state index in [1.807, 2.05) is 13.8 Å². The lowest BCUT2D eigenvalue weighted by molar-refractivity contribution is -0.123. The summed E-state index contributed by atoms with van der Waals surface area (Å²) in [4.78, 5) is 24.2. The van der Waals surface area contributed by atoms with Crippen molar-refractivity contribution < 1.29 is 19.1 Å². The molecule has 0 aliphatic rings. The summed E-state index contributed by atoms with van der Waals surface area (Å²) < 4.78 is 11.1. The lowest BCUT2D eigenvalue weighted by atomic mass is 10.1. The van der Waals surface area contributed by atoms with E-state index in [9.17, 15) is 9.59 Å². The first kappa shape index (κ1) is 22.6. The number of carbonyl (C=O) groups excluding carboxylic acids is 2. The van der Waals surface area contributed by atoms with Crippen LogP contribution in [0, 0.1) is 19.8 Å². The zero-order valence-corrected chi connectivity index (χ0v) is 17.9. The summed E-state index contributed by atoms with van der Waals surface area (Å²) in [5.74, 6) is 0.775. The molecule has 2 rings (SSSR count). The molecule has 0 unspecified atom stereocenters. The van der Waals surface area contributed by atoms with E-state index >= 15 is 0 Å². The summed E-state index contributed by atoms with van der Waals surface area (Å²) in [5, 5.41) is 0.671. The van der Waals surface area contributed by atoms with Crippen LogP contribution in [0.4, 0.5) is 0 Å². The quantitative estimate of drug-likeness (QED) is 0.629. The largest absolute Gasteiger partial charge is 0.494 e. The van der Waals surface area contributed by atoms with E-state index in [1.165, 1.54) is 0 Å². The summed E-state index contributed by atoms with van der Waals surface area (Å²) in [7, 11) is 0. The Morgan fingerprint density at radius 2 is 1.69 bits per heavy atom. The highest BCUT2D eigenvalue weighted by Crippen LogP contribution is 2.25. The normalized spacial score (nSPS) is 10.6. The smallest absolute Gasteiger partial charge is 0.276 e. The van der Waals surface area contributed by atoms with E-state index in [-0.39, 0.29) is 6.61 Å². The van der Waals surface area contributed by atoms with Crippen LogP contribution in [-0.2, 0) is 4.79 Å². The maximum atomic E-state index is 12.2. The molecular formula is C22H27ClN2O4. The van der Waals surface area contributed by atoms with Gasteiger partial charge in [-0.15, -0.1) is 0 Å². The van der Waals surface area contributed by atoms with Crippen LogP contribution in [0.3, 0.4) is 0 Å². The van der Waals surface area contributed by atoms with Crippen LogP contribution in [0.15, 0.2) is 36.4 Å². The van der Waals surface area contributed by atoms with Crippen molar-refractivity contribution in [3.8, 4) is 11.5 Å². The van der Waals surface area contributed by atoms with Gasteiger partial charge in [-0.2, -0.15) is 0 Å². The molecule has 0 radical (unpaired) electrons. The molecule has 29 heavy (non-hydrogen) atoms. The van der Waals surface area contributed by atoms with Gasteiger partial charge in [0.2, 0.25) is 0 Å². The molecular weight excluding hydrogens is 392 g/mol. The molecule has 0 atom stereocenters. The van der Waals surface area contributed by atoms with E-state index < -0.39 is 11.8 Å². The summed E-state index contributed by atoms with van der Waals surface area (Å²) >= 11 is 6.12. The van der Waals surface area contributed by atoms with Crippen LogP contribution >= 0.6 is 11.6 Å². The lowest BCUT2D eigenvalue weighted by Gasteiger charge is -2.12. The number of ether oxygens (including phenoxy) is 2. The first-order valence-corrected chi connectivity index (χ1v) is 9.85. The molecule has 0 saturated carbocycles. The second kappa shape index (κ2) is 10.7. The van der Waals surface area contributed by atoms with Gasteiger partial charge in [0.05, 0.1) is 6.61 Å². The molecule has 2 N–H and O–H groups in total. The van der Waals surface area contributed by atoms with Crippen molar-refractivity contribution in [2.24, 2.45) is 5.92 Å². The number of nitrogens with one attached hydrogen (secondary N) is 2.